The molecular weight excluding hydrogens is 242 g/mol. The fourth-order valence-corrected chi connectivity index (χ4v) is 4.12. The van der Waals surface area contributed by atoms with E-state index < -0.39 is 0 Å². The molecule has 0 radical (unpaired) electrons. The first-order chi connectivity index (χ1) is 8.77. The van der Waals surface area contributed by atoms with E-state index in [9.17, 15) is 0 Å². The molecule has 0 amide bonds. The van der Waals surface area contributed by atoms with E-state index in [2.05, 4.69) is 48.3 Å². The van der Waals surface area contributed by atoms with E-state index >= 15 is 0 Å². The van der Waals surface area contributed by atoms with Crippen LogP contribution < -0.4 is 5.32 Å². The molecule has 1 aromatic rings. The van der Waals surface area contributed by atoms with Gasteiger partial charge in [0, 0.05) is 11.3 Å². The first-order valence-electron chi connectivity index (χ1n) is 6.80. The third-order valence-electron chi connectivity index (χ3n) is 4.00. The quantitative estimate of drug-likeness (QED) is 0.905. The van der Waals surface area contributed by atoms with E-state index in [1.807, 2.05) is 0 Å². The molecule has 2 nitrogen and oxygen atoms in total. The van der Waals surface area contributed by atoms with Crippen molar-refractivity contribution in [2.75, 3.05) is 18.9 Å². The monoisotopic (exact) mass is 263 g/mol. The first kappa shape index (κ1) is 12.5. The lowest BCUT2D eigenvalue weighted by Gasteiger charge is -2.31. The maximum absolute atomic E-state index is 5.69. The Balaban J connectivity index is 1.67. The molecule has 0 bridgehead atoms. The fourth-order valence-electron chi connectivity index (χ4n) is 2.87. The van der Waals surface area contributed by atoms with Crippen LogP contribution in [0.2, 0.25) is 0 Å². The summed E-state index contributed by atoms with van der Waals surface area (Å²) in [6.45, 7) is 5.03. The molecule has 2 atom stereocenters. The minimum atomic E-state index is 0.368. The molecule has 3 rings (SSSR count). The summed E-state index contributed by atoms with van der Waals surface area (Å²) in [4.78, 5) is 0. The topological polar surface area (TPSA) is 21.3 Å². The highest BCUT2D eigenvalue weighted by Crippen LogP contribution is 2.37. The van der Waals surface area contributed by atoms with Crippen LogP contribution in [0.15, 0.2) is 24.3 Å². The Hall–Kier alpha value is -0.510. The van der Waals surface area contributed by atoms with E-state index in [0.29, 0.717) is 10.8 Å². The molecule has 0 saturated carbocycles. The summed E-state index contributed by atoms with van der Waals surface area (Å²) in [7, 11) is 0. The van der Waals surface area contributed by atoms with Gasteiger partial charge in [-0.15, -0.1) is 0 Å². The molecule has 1 N–H and O–H groups in total. The predicted molar refractivity (Wildman–Crippen MR) is 76.9 cm³/mol. The van der Waals surface area contributed by atoms with Crippen LogP contribution in [0.5, 0.6) is 0 Å². The van der Waals surface area contributed by atoms with Crippen molar-refractivity contribution in [1.82, 2.24) is 5.32 Å². The summed E-state index contributed by atoms with van der Waals surface area (Å²) in [5, 5.41) is 3.71. The zero-order chi connectivity index (χ0) is 12.4. The summed E-state index contributed by atoms with van der Waals surface area (Å²) in [5.41, 5.74) is 2.76. The maximum atomic E-state index is 5.69. The largest absolute Gasteiger partial charge is 0.375 e. The number of ether oxygens (including phenoxy) is 1. The minimum Gasteiger partial charge on any atom is -0.375 e. The Morgan fingerprint density at radius 2 is 2.33 bits per heavy atom. The van der Waals surface area contributed by atoms with Gasteiger partial charge < -0.3 is 10.1 Å². The highest BCUT2D eigenvalue weighted by molar-refractivity contribution is 8.00. The highest BCUT2D eigenvalue weighted by atomic mass is 32.2. The van der Waals surface area contributed by atoms with Crippen LogP contribution in [0.3, 0.4) is 0 Å². The van der Waals surface area contributed by atoms with Gasteiger partial charge in [-0.3, -0.25) is 0 Å². The molecule has 1 fully saturated rings. The molecular formula is C15H21NOS. The fraction of sp³-hybridized carbons (Fsp3) is 0.600. The molecule has 3 heteroatoms. The van der Waals surface area contributed by atoms with Gasteiger partial charge in [0.2, 0.25) is 0 Å². The van der Waals surface area contributed by atoms with E-state index in [1.54, 1.807) is 0 Å². The van der Waals surface area contributed by atoms with Gasteiger partial charge in [-0.2, -0.15) is 11.8 Å². The van der Waals surface area contributed by atoms with Crippen molar-refractivity contribution in [1.29, 1.82) is 0 Å². The third-order valence-corrected chi connectivity index (χ3v) is 5.53. The maximum Gasteiger partial charge on any atom is 0.0721 e. The molecule has 2 heterocycles. The van der Waals surface area contributed by atoms with Crippen LogP contribution in [0.4, 0.5) is 0 Å². The lowest BCUT2D eigenvalue weighted by atomic mass is 9.98. The molecule has 1 saturated heterocycles. The molecule has 0 spiro atoms. The van der Waals surface area contributed by atoms with Crippen molar-refractivity contribution >= 4 is 11.8 Å². The van der Waals surface area contributed by atoms with E-state index in [1.165, 1.54) is 29.7 Å². The summed E-state index contributed by atoms with van der Waals surface area (Å²) in [6.07, 6.45) is 2.69. The molecule has 2 aliphatic rings. The first-order valence-corrected chi connectivity index (χ1v) is 7.78. The molecule has 0 aromatic heterocycles. The predicted octanol–water partition coefficient (Wildman–Crippen LogP) is 3.13. The lowest BCUT2D eigenvalue weighted by molar-refractivity contribution is 0.0815. The smallest absolute Gasteiger partial charge is 0.0721 e. The lowest BCUT2D eigenvalue weighted by Crippen LogP contribution is -2.38. The average molecular weight is 263 g/mol. The summed E-state index contributed by atoms with van der Waals surface area (Å²) >= 11 is 2.11. The summed E-state index contributed by atoms with van der Waals surface area (Å²) in [6, 6.07) is 9.01. The summed E-state index contributed by atoms with van der Waals surface area (Å²) < 4.78 is 6.11. The number of hydrogen-bond acceptors (Lipinski definition) is 3. The van der Waals surface area contributed by atoms with Gasteiger partial charge in [0.1, 0.15) is 0 Å². The van der Waals surface area contributed by atoms with Gasteiger partial charge in [-0.25, -0.2) is 0 Å². The van der Waals surface area contributed by atoms with Crippen LogP contribution in [0, 0.1) is 0 Å². The molecule has 98 valence electrons. The standard InChI is InChI=1S/C15H21NOS/c1-15(7-4-8-18-15)11-16-14-10-17-9-12-5-2-3-6-13(12)14/h2-3,5-6,14,16H,4,7-11H2,1H3. The zero-order valence-electron chi connectivity index (χ0n) is 10.9. The number of hydrogen-bond donors (Lipinski definition) is 1. The second-order valence-electron chi connectivity index (χ2n) is 5.55. The van der Waals surface area contributed by atoms with Crippen LogP contribution in [-0.4, -0.2) is 23.7 Å². The number of nitrogens with one attached hydrogen (secondary N) is 1. The molecule has 1 aromatic carbocycles. The van der Waals surface area contributed by atoms with E-state index in [0.717, 1.165) is 19.8 Å². The van der Waals surface area contributed by atoms with Gasteiger partial charge >= 0.3 is 0 Å². The van der Waals surface area contributed by atoms with E-state index in [4.69, 9.17) is 4.74 Å². The number of benzene rings is 1. The summed E-state index contributed by atoms with van der Waals surface area (Å²) in [5.74, 6) is 1.32. The zero-order valence-corrected chi connectivity index (χ0v) is 11.8. The molecule has 2 aliphatic heterocycles. The molecule has 18 heavy (non-hydrogen) atoms. The van der Waals surface area contributed by atoms with Crippen molar-refractivity contribution in [3.05, 3.63) is 35.4 Å². The van der Waals surface area contributed by atoms with Gasteiger partial charge in [-0.05, 0) is 36.6 Å². The van der Waals surface area contributed by atoms with Gasteiger partial charge in [0.15, 0.2) is 0 Å². The Morgan fingerprint density at radius 1 is 1.44 bits per heavy atom. The number of thioether (sulfide) groups is 1. The van der Waals surface area contributed by atoms with Gasteiger partial charge in [0.05, 0.1) is 19.3 Å². The Bertz CT molecular complexity index is 415. The number of rotatable bonds is 3. The van der Waals surface area contributed by atoms with Crippen LogP contribution in [0.25, 0.3) is 0 Å². The van der Waals surface area contributed by atoms with E-state index in [-0.39, 0.29) is 0 Å². The van der Waals surface area contributed by atoms with Gasteiger partial charge in [0.25, 0.3) is 0 Å². The second kappa shape index (κ2) is 5.24. The number of fused-ring (bicyclic) bond motifs is 1. The SMILES string of the molecule is CC1(CNC2COCc3ccccc32)CCCS1. The van der Waals surface area contributed by atoms with Crippen LogP contribution in [-0.2, 0) is 11.3 Å². The van der Waals surface area contributed by atoms with Gasteiger partial charge in [-0.1, -0.05) is 24.3 Å². The molecule has 0 aliphatic carbocycles. The third kappa shape index (κ3) is 2.58. The second-order valence-corrected chi connectivity index (χ2v) is 7.23. The van der Waals surface area contributed by atoms with Crippen molar-refractivity contribution in [2.45, 2.75) is 37.2 Å². The minimum absolute atomic E-state index is 0.368. The van der Waals surface area contributed by atoms with Crippen molar-refractivity contribution < 1.29 is 4.74 Å². The average Bonchev–Trinajstić information content (AvgIpc) is 2.84. The Morgan fingerprint density at radius 3 is 3.17 bits per heavy atom. The van der Waals surface area contributed by atoms with Crippen LogP contribution in [0.1, 0.15) is 36.9 Å². The Kier molecular flexibility index (Phi) is 3.64. The Labute approximate surface area is 113 Å². The normalized spacial score (nSPS) is 31.3. The highest BCUT2D eigenvalue weighted by Gasteiger charge is 2.30. The van der Waals surface area contributed by atoms with Crippen molar-refractivity contribution in [3.63, 3.8) is 0 Å². The van der Waals surface area contributed by atoms with Crippen molar-refractivity contribution in [2.24, 2.45) is 0 Å². The molecule has 2 unspecified atom stereocenters. The van der Waals surface area contributed by atoms with Crippen molar-refractivity contribution in [3.8, 4) is 0 Å². The van der Waals surface area contributed by atoms with Crippen LogP contribution >= 0.6 is 11.8 Å².